The number of ether oxygens (including phenoxy) is 1. The second-order valence-electron chi connectivity index (χ2n) is 7.86. The minimum atomic E-state index is -0.975. The maximum absolute atomic E-state index is 13.1. The molecule has 3 rings (SSSR count). The summed E-state index contributed by atoms with van der Waals surface area (Å²) in [5.41, 5.74) is -0.0826. The van der Waals surface area contributed by atoms with Gasteiger partial charge in [-0.3, -0.25) is 14.4 Å². The average Bonchev–Trinajstić information content (AvgIpc) is 2.87. The molecule has 3 aliphatic rings. The number of ketones is 2. The summed E-state index contributed by atoms with van der Waals surface area (Å²) in [5.74, 6) is -1.18. The molecule has 0 unspecified atom stereocenters. The van der Waals surface area contributed by atoms with E-state index in [2.05, 4.69) is 0 Å². The highest BCUT2D eigenvalue weighted by molar-refractivity contribution is 6.04. The van der Waals surface area contributed by atoms with Crippen molar-refractivity contribution < 1.29 is 19.1 Å². The molecule has 0 bridgehead atoms. The average molecular weight is 330 g/mol. The Labute approximate surface area is 143 Å². The molecule has 4 heteroatoms. The van der Waals surface area contributed by atoms with Gasteiger partial charge in [0.2, 0.25) is 0 Å². The highest BCUT2D eigenvalue weighted by Gasteiger charge is 2.73. The summed E-state index contributed by atoms with van der Waals surface area (Å²) in [7, 11) is 0. The van der Waals surface area contributed by atoms with E-state index in [1.54, 1.807) is 13.0 Å². The van der Waals surface area contributed by atoms with E-state index in [1.165, 1.54) is 0 Å². The number of Topliss-reactive ketones (excluding diaryl/α,β-unsaturated/α-hetero) is 2. The fourth-order valence-electron chi connectivity index (χ4n) is 4.97. The molecule has 1 saturated carbocycles. The van der Waals surface area contributed by atoms with E-state index in [0.29, 0.717) is 18.4 Å². The SMILES string of the molecule is C/C=C(/C)C(=O)[C@@H]1C=C(C)CC[C@@]23OC(=O)[C@H](C)[C@@H]2CC(=O)[C@]13C. The molecule has 1 saturated heterocycles. The van der Waals surface area contributed by atoms with Crippen molar-refractivity contribution in [2.75, 3.05) is 0 Å². The number of rotatable bonds is 2. The normalized spacial score (nSPS) is 42.1. The lowest BCUT2D eigenvalue weighted by Crippen LogP contribution is -2.54. The van der Waals surface area contributed by atoms with Crippen LogP contribution >= 0.6 is 0 Å². The van der Waals surface area contributed by atoms with Crippen LogP contribution in [0.2, 0.25) is 0 Å². The van der Waals surface area contributed by atoms with Crippen LogP contribution in [0, 0.1) is 23.2 Å². The number of carbonyl (C=O) groups excluding carboxylic acids is 3. The molecule has 1 spiro atoms. The Morgan fingerprint density at radius 2 is 2.04 bits per heavy atom. The molecule has 2 aliphatic carbocycles. The van der Waals surface area contributed by atoms with Crippen LogP contribution in [0.15, 0.2) is 23.3 Å². The number of carbonyl (C=O) groups is 3. The van der Waals surface area contributed by atoms with Crippen molar-refractivity contribution >= 4 is 17.5 Å². The quantitative estimate of drug-likeness (QED) is 0.442. The van der Waals surface area contributed by atoms with Crippen molar-refractivity contribution in [1.82, 2.24) is 0 Å². The van der Waals surface area contributed by atoms with Gasteiger partial charge < -0.3 is 4.74 Å². The molecular formula is C20H26O4. The molecule has 24 heavy (non-hydrogen) atoms. The molecule has 0 N–H and O–H groups in total. The molecule has 5 atom stereocenters. The molecule has 0 aromatic heterocycles. The number of esters is 1. The summed E-state index contributed by atoms with van der Waals surface area (Å²) in [6.07, 6.45) is 5.43. The van der Waals surface area contributed by atoms with Gasteiger partial charge in [0, 0.05) is 12.3 Å². The molecule has 0 amide bonds. The Kier molecular flexibility index (Phi) is 3.85. The van der Waals surface area contributed by atoms with E-state index in [-0.39, 0.29) is 29.4 Å². The first-order valence-electron chi connectivity index (χ1n) is 8.79. The lowest BCUT2D eigenvalue weighted by Gasteiger charge is -2.43. The Morgan fingerprint density at radius 1 is 1.38 bits per heavy atom. The summed E-state index contributed by atoms with van der Waals surface area (Å²) < 4.78 is 5.92. The van der Waals surface area contributed by atoms with Gasteiger partial charge in [0.1, 0.15) is 11.4 Å². The minimum absolute atomic E-state index is 0.0368. The number of hydrogen-bond donors (Lipinski definition) is 0. The van der Waals surface area contributed by atoms with E-state index < -0.39 is 16.9 Å². The zero-order valence-corrected chi connectivity index (χ0v) is 15.1. The van der Waals surface area contributed by atoms with Gasteiger partial charge in [-0.25, -0.2) is 0 Å². The third-order valence-electron chi connectivity index (χ3n) is 6.79. The predicted octanol–water partition coefficient (Wildman–Crippen LogP) is 3.41. The highest BCUT2D eigenvalue weighted by Crippen LogP contribution is 2.63. The summed E-state index contributed by atoms with van der Waals surface area (Å²) in [6, 6.07) is 0. The van der Waals surface area contributed by atoms with Crippen LogP contribution in [0.4, 0.5) is 0 Å². The molecular weight excluding hydrogens is 304 g/mol. The van der Waals surface area contributed by atoms with Crippen molar-refractivity contribution in [3.63, 3.8) is 0 Å². The maximum atomic E-state index is 13.1. The van der Waals surface area contributed by atoms with E-state index in [0.717, 1.165) is 12.0 Å². The van der Waals surface area contributed by atoms with Gasteiger partial charge in [-0.2, -0.15) is 0 Å². The zero-order valence-electron chi connectivity index (χ0n) is 15.1. The predicted molar refractivity (Wildman–Crippen MR) is 90.1 cm³/mol. The molecule has 130 valence electrons. The van der Waals surface area contributed by atoms with Crippen molar-refractivity contribution in [2.24, 2.45) is 23.2 Å². The third kappa shape index (κ3) is 1.95. The summed E-state index contributed by atoms with van der Waals surface area (Å²) >= 11 is 0. The molecule has 1 aliphatic heterocycles. The van der Waals surface area contributed by atoms with Gasteiger partial charge in [-0.1, -0.05) is 24.6 Å². The van der Waals surface area contributed by atoms with Crippen molar-refractivity contribution in [1.29, 1.82) is 0 Å². The van der Waals surface area contributed by atoms with Gasteiger partial charge in [0.05, 0.1) is 17.3 Å². The van der Waals surface area contributed by atoms with Crippen LogP contribution in [0.3, 0.4) is 0 Å². The third-order valence-corrected chi connectivity index (χ3v) is 6.79. The molecule has 0 aromatic carbocycles. The molecule has 4 nitrogen and oxygen atoms in total. The first-order chi connectivity index (χ1) is 11.2. The van der Waals surface area contributed by atoms with E-state index in [1.807, 2.05) is 33.8 Å². The smallest absolute Gasteiger partial charge is 0.309 e. The van der Waals surface area contributed by atoms with Crippen LogP contribution in [-0.4, -0.2) is 23.1 Å². The van der Waals surface area contributed by atoms with E-state index in [9.17, 15) is 14.4 Å². The summed E-state index contributed by atoms with van der Waals surface area (Å²) in [6.45, 7) is 9.30. The highest BCUT2D eigenvalue weighted by atomic mass is 16.6. The van der Waals surface area contributed by atoms with Crippen molar-refractivity contribution in [3.8, 4) is 0 Å². The minimum Gasteiger partial charge on any atom is -0.457 e. The first kappa shape index (κ1) is 17.1. The van der Waals surface area contributed by atoms with Gasteiger partial charge >= 0.3 is 5.97 Å². The fourth-order valence-corrected chi connectivity index (χ4v) is 4.97. The number of allylic oxidation sites excluding steroid dienone is 4. The Hall–Kier alpha value is -1.71. The molecule has 1 heterocycles. The summed E-state index contributed by atoms with van der Waals surface area (Å²) in [4.78, 5) is 38.4. The van der Waals surface area contributed by atoms with Crippen LogP contribution < -0.4 is 0 Å². The summed E-state index contributed by atoms with van der Waals surface area (Å²) in [5, 5.41) is 0. The fraction of sp³-hybridized carbons (Fsp3) is 0.650. The lowest BCUT2D eigenvalue weighted by molar-refractivity contribution is -0.169. The van der Waals surface area contributed by atoms with Crippen LogP contribution in [0.25, 0.3) is 0 Å². The lowest BCUT2D eigenvalue weighted by atomic mass is 9.62. The molecule has 0 aromatic rings. The maximum Gasteiger partial charge on any atom is 0.309 e. The monoisotopic (exact) mass is 330 g/mol. The Morgan fingerprint density at radius 3 is 2.67 bits per heavy atom. The van der Waals surface area contributed by atoms with Gasteiger partial charge in [0.25, 0.3) is 0 Å². The largest absolute Gasteiger partial charge is 0.457 e. The number of hydrogen-bond acceptors (Lipinski definition) is 4. The van der Waals surface area contributed by atoms with Crippen LogP contribution in [0.1, 0.15) is 53.9 Å². The second-order valence-corrected chi connectivity index (χ2v) is 7.86. The van der Waals surface area contributed by atoms with Crippen LogP contribution in [0.5, 0.6) is 0 Å². The van der Waals surface area contributed by atoms with Gasteiger partial charge in [-0.15, -0.1) is 0 Å². The zero-order chi connectivity index (χ0) is 17.9. The molecule has 0 radical (unpaired) electrons. The van der Waals surface area contributed by atoms with Gasteiger partial charge in [0.15, 0.2) is 5.78 Å². The Bertz CT molecular complexity index is 686. The topological polar surface area (TPSA) is 60.4 Å². The first-order valence-corrected chi connectivity index (χ1v) is 8.79. The second kappa shape index (κ2) is 5.40. The van der Waals surface area contributed by atoms with Gasteiger partial charge in [-0.05, 0) is 46.1 Å². The van der Waals surface area contributed by atoms with E-state index >= 15 is 0 Å². The Balaban J connectivity index is 2.20. The standard InChI is InChI=1S/C20H26O4/c1-6-12(3)17(22)15-9-11(2)7-8-20-14(13(4)18(23)24-20)10-16(21)19(15,20)5/h6,9,13-15H,7-8,10H2,1-5H3/b12-6-/t13-,14+,15+,19+,20-/m1/s1. The van der Waals surface area contributed by atoms with Crippen molar-refractivity contribution in [3.05, 3.63) is 23.3 Å². The van der Waals surface area contributed by atoms with Crippen molar-refractivity contribution in [2.45, 2.75) is 59.5 Å². The van der Waals surface area contributed by atoms with Crippen LogP contribution in [-0.2, 0) is 19.1 Å². The van der Waals surface area contributed by atoms with E-state index in [4.69, 9.17) is 4.74 Å². The molecule has 2 fully saturated rings.